The molecule has 0 spiro atoms. The number of methoxy groups -OCH3 is 1. The molecule has 0 aromatic heterocycles. The van der Waals surface area contributed by atoms with Crippen LogP contribution in [0.1, 0.15) is 5.56 Å². The van der Waals surface area contributed by atoms with E-state index in [-0.39, 0.29) is 29.7 Å². The third-order valence-corrected chi connectivity index (χ3v) is 4.85. The number of nitro benzene ring substituents is 1. The van der Waals surface area contributed by atoms with Crippen molar-refractivity contribution in [1.82, 2.24) is 10.2 Å². The molecule has 3 rings (SSSR count). The van der Waals surface area contributed by atoms with E-state index < -0.39 is 4.92 Å². The lowest BCUT2D eigenvalue weighted by Gasteiger charge is -2.37. The molecule has 1 N–H and O–H groups in total. The van der Waals surface area contributed by atoms with Crippen molar-refractivity contribution >= 4 is 41.3 Å². The summed E-state index contributed by atoms with van der Waals surface area (Å²) in [6.07, 6.45) is 0. The fourth-order valence-electron chi connectivity index (χ4n) is 3.24. The van der Waals surface area contributed by atoms with E-state index in [1.165, 1.54) is 17.8 Å². The van der Waals surface area contributed by atoms with Crippen LogP contribution in [-0.2, 0) is 11.3 Å². The van der Waals surface area contributed by atoms with E-state index in [0.717, 1.165) is 37.7 Å². The molecule has 9 heteroatoms. The summed E-state index contributed by atoms with van der Waals surface area (Å²) >= 11 is 0. The van der Waals surface area contributed by atoms with Crippen LogP contribution in [0, 0.1) is 10.1 Å². The van der Waals surface area contributed by atoms with Crippen LogP contribution >= 0.6 is 24.0 Å². The van der Waals surface area contributed by atoms with Crippen LogP contribution in [0.15, 0.2) is 59.6 Å². The number of guanidine groups is 1. The largest absolute Gasteiger partial charge is 0.383 e. The van der Waals surface area contributed by atoms with Gasteiger partial charge in [0.2, 0.25) is 0 Å². The van der Waals surface area contributed by atoms with Gasteiger partial charge < -0.3 is 19.9 Å². The zero-order valence-corrected chi connectivity index (χ0v) is 19.4. The van der Waals surface area contributed by atoms with Crippen LogP contribution in [-0.4, -0.2) is 62.2 Å². The fourth-order valence-corrected chi connectivity index (χ4v) is 3.24. The summed E-state index contributed by atoms with van der Waals surface area (Å²) in [4.78, 5) is 19.8. The predicted octanol–water partition coefficient (Wildman–Crippen LogP) is 3.13. The van der Waals surface area contributed by atoms with Crippen molar-refractivity contribution in [2.24, 2.45) is 4.99 Å². The second-order valence-electron chi connectivity index (χ2n) is 6.79. The molecule has 2 aromatic rings. The summed E-state index contributed by atoms with van der Waals surface area (Å²) in [5.74, 6) is 0.841. The van der Waals surface area contributed by atoms with E-state index >= 15 is 0 Å². The van der Waals surface area contributed by atoms with Crippen molar-refractivity contribution in [2.75, 3.05) is 51.3 Å². The first-order chi connectivity index (χ1) is 14.2. The molecule has 0 saturated carbocycles. The monoisotopic (exact) mass is 525 g/mol. The highest BCUT2D eigenvalue weighted by Crippen LogP contribution is 2.16. The van der Waals surface area contributed by atoms with Gasteiger partial charge >= 0.3 is 0 Å². The molecule has 0 aliphatic carbocycles. The number of aliphatic imine (C=N–C) groups is 1. The maximum Gasteiger partial charge on any atom is 0.269 e. The van der Waals surface area contributed by atoms with Crippen molar-refractivity contribution in [2.45, 2.75) is 6.54 Å². The summed E-state index contributed by atoms with van der Waals surface area (Å²) in [7, 11) is 1.67. The van der Waals surface area contributed by atoms with Crippen molar-refractivity contribution in [3.05, 3.63) is 70.3 Å². The molecule has 1 heterocycles. The van der Waals surface area contributed by atoms with Gasteiger partial charge in [0.05, 0.1) is 18.1 Å². The molecule has 0 atom stereocenters. The number of para-hydroxylation sites is 1. The Morgan fingerprint density at radius 3 is 2.37 bits per heavy atom. The van der Waals surface area contributed by atoms with Gasteiger partial charge in [-0.15, -0.1) is 24.0 Å². The normalized spacial score (nSPS) is 14.2. The van der Waals surface area contributed by atoms with Crippen LogP contribution in [0.5, 0.6) is 0 Å². The smallest absolute Gasteiger partial charge is 0.269 e. The maximum atomic E-state index is 10.8. The van der Waals surface area contributed by atoms with Crippen molar-refractivity contribution in [3.63, 3.8) is 0 Å². The molecular weight excluding hydrogens is 497 g/mol. The summed E-state index contributed by atoms with van der Waals surface area (Å²) in [6.45, 7) is 5.32. The second-order valence-corrected chi connectivity index (χ2v) is 6.79. The van der Waals surface area contributed by atoms with E-state index in [4.69, 9.17) is 9.73 Å². The standard InChI is InChI=1S/C21H27N5O3.HI/c1-29-16-11-22-21(23-17-18-7-9-20(10-8-18)26(27)28)25-14-12-24(13-15-25)19-5-3-2-4-6-19;/h2-10H,11-17H2,1H3,(H,22,23);1H. The average molecular weight is 525 g/mol. The van der Waals surface area contributed by atoms with Gasteiger partial charge in [-0.3, -0.25) is 10.1 Å². The van der Waals surface area contributed by atoms with Gasteiger partial charge in [0, 0.05) is 57.7 Å². The maximum absolute atomic E-state index is 10.8. The van der Waals surface area contributed by atoms with Crippen LogP contribution in [0.4, 0.5) is 11.4 Å². The van der Waals surface area contributed by atoms with Gasteiger partial charge in [0.15, 0.2) is 5.96 Å². The highest BCUT2D eigenvalue weighted by Gasteiger charge is 2.20. The topological polar surface area (TPSA) is 83.2 Å². The van der Waals surface area contributed by atoms with Crippen LogP contribution in [0.2, 0.25) is 0 Å². The van der Waals surface area contributed by atoms with E-state index in [1.807, 2.05) is 6.07 Å². The summed E-state index contributed by atoms with van der Waals surface area (Å²) in [5, 5.41) is 14.2. The van der Waals surface area contributed by atoms with E-state index in [9.17, 15) is 10.1 Å². The Morgan fingerprint density at radius 2 is 1.77 bits per heavy atom. The number of non-ortho nitro benzene ring substituents is 1. The molecule has 8 nitrogen and oxygen atoms in total. The number of nitrogens with zero attached hydrogens (tertiary/aromatic N) is 4. The number of ether oxygens (including phenoxy) is 1. The SMILES string of the molecule is COCCNC(=NCc1ccc([N+](=O)[O-])cc1)N1CCN(c2ccccc2)CC1.I. The number of benzene rings is 2. The second kappa shape index (κ2) is 12.3. The summed E-state index contributed by atoms with van der Waals surface area (Å²) in [6, 6.07) is 17.0. The Hall–Kier alpha value is -2.40. The molecule has 2 aromatic carbocycles. The Morgan fingerprint density at radius 1 is 1.10 bits per heavy atom. The number of nitro groups is 1. The Balaban J connectivity index is 0.00000320. The lowest BCUT2D eigenvalue weighted by Crippen LogP contribution is -2.53. The molecule has 0 radical (unpaired) electrons. The van der Waals surface area contributed by atoms with E-state index in [0.29, 0.717) is 19.7 Å². The lowest BCUT2D eigenvalue weighted by atomic mass is 10.2. The van der Waals surface area contributed by atoms with Crippen molar-refractivity contribution in [1.29, 1.82) is 0 Å². The molecule has 30 heavy (non-hydrogen) atoms. The number of anilines is 1. The van der Waals surface area contributed by atoms with Crippen LogP contribution < -0.4 is 10.2 Å². The molecule has 1 fully saturated rings. The predicted molar refractivity (Wildman–Crippen MR) is 130 cm³/mol. The first kappa shape index (κ1) is 23.9. The third kappa shape index (κ3) is 6.84. The number of hydrogen-bond acceptors (Lipinski definition) is 5. The number of nitrogens with one attached hydrogen (secondary N) is 1. The highest BCUT2D eigenvalue weighted by atomic mass is 127. The van der Waals surface area contributed by atoms with Gasteiger partial charge in [-0.1, -0.05) is 30.3 Å². The summed E-state index contributed by atoms with van der Waals surface area (Å²) < 4.78 is 5.14. The van der Waals surface area contributed by atoms with Gasteiger partial charge in [-0.25, -0.2) is 4.99 Å². The van der Waals surface area contributed by atoms with Crippen LogP contribution in [0.3, 0.4) is 0 Å². The number of rotatable bonds is 7. The number of hydrogen-bond donors (Lipinski definition) is 1. The van der Waals surface area contributed by atoms with Gasteiger partial charge in [0.25, 0.3) is 5.69 Å². The molecule has 1 aliphatic rings. The van der Waals surface area contributed by atoms with Gasteiger partial charge in [0.1, 0.15) is 0 Å². The van der Waals surface area contributed by atoms with Gasteiger partial charge in [-0.05, 0) is 17.7 Å². The van der Waals surface area contributed by atoms with E-state index in [1.54, 1.807) is 19.2 Å². The Kier molecular flexibility index (Phi) is 9.81. The van der Waals surface area contributed by atoms with Crippen molar-refractivity contribution < 1.29 is 9.66 Å². The quantitative estimate of drug-likeness (QED) is 0.149. The van der Waals surface area contributed by atoms with Crippen molar-refractivity contribution in [3.8, 4) is 0 Å². The Bertz CT molecular complexity index is 809. The van der Waals surface area contributed by atoms with Gasteiger partial charge in [-0.2, -0.15) is 0 Å². The number of piperazine rings is 1. The summed E-state index contributed by atoms with van der Waals surface area (Å²) in [5.41, 5.74) is 2.27. The zero-order valence-electron chi connectivity index (χ0n) is 17.1. The minimum absolute atomic E-state index is 0. The molecule has 1 aliphatic heterocycles. The molecule has 0 amide bonds. The highest BCUT2D eigenvalue weighted by molar-refractivity contribution is 14.0. The minimum atomic E-state index is -0.392. The first-order valence-corrected chi connectivity index (χ1v) is 9.73. The minimum Gasteiger partial charge on any atom is -0.383 e. The van der Waals surface area contributed by atoms with E-state index in [2.05, 4.69) is 39.4 Å². The Labute approximate surface area is 194 Å². The lowest BCUT2D eigenvalue weighted by molar-refractivity contribution is -0.384. The molecule has 1 saturated heterocycles. The first-order valence-electron chi connectivity index (χ1n) is 9.73. The number of halogens is 1. The molecule has 0 unspecified atom stereocenters. The third-order valence-electron chi connectivity index (χ3n) is 4.85. The molecule has 162 valence electrons. The molecular formula is C21H28IN5O3. The van der Waals surface area contributed by atoms with Crippen LogP contribution in [0.25, 0.3) is 0 Å². The zero-order chi connectivity index (χ0) is 20.5. The fraction of sp³-hybridized carbons (Fsp3) is 0.381. The molecule has 0 bridgehead atoms. The average Bonchev–Trinajstić information content (AvgIpc) is 2.77.